The maximum Gasteiger partial charge on any atom is 0.131 e. The van der Waals surface area contributed by atoms with Crippen LogP contribution in [0, 0.1) is 0 Å². The van der Waals surface area contributed by atoms with Crippen molar-refractivity contribution >= 4 is 17.0 Å². The summed E-state index contributed by atoms with van der Waals surface area (Å²) >= 11 is 1.65. The van der Waals surface area contributed by atoms with Crippen LogP contribution < -0.4 is 10.5 Å². The molecule has 0 atom stereocenters. The summed E-state index contributed by atoms with van der Waals surface area (Å²) in [6, 6.07) is 13.2. The number of hydrogen-bond donors (Lipinski definition) is 1. The molecule has 3 rings (SSSR count). The molecule has 0 spiro atoms. The standard InChI is InChI=1S/C15H12N2OS/c16-12-2-1-3-13(8-12)18-14-4-6-17-15(9-14)11-5-7-19-10-11/h1-10H,16H2. The number of aromatic nitrogens is 1. The van der Waals surface area contributed by atoms with E-state index in [9.17, 15) is 0 Å². The van der Waals surface area contributed by atoms with Crippen LogP contribution in [0.1, 0.15) is 0 Å². The molecule has 0 fully saturated rings. The normalized spacial score (nSPS) is 10.3. The van der Waals surface area contributed by atoms with E-state index >= 15 is 0 Å². The molecule has 3 nitrogen and oxygen atoms in total. The zero-order valence-corrected chi connectivity index (χ0v) is 10.9. The Hall–Kier alpha value is -2.33. The Balaban J connectivity index is 1.88. The van der Waals surface area contributed by atoms with E-state index in [0.29, 0.717) is 5.69 Å². The summed E-state index contributed by atoms with van der Waals surface area (Å²) in [6.45, 7) is 0. The number of nitrogens with two attached hydrogens (primary N) is 1. The van der Waals surface area contributed by atoms with Gasteiger partial charge in [0.1, 0.15) is 11.5 Å². The second-order valence-corrected chi connectivity index (χ2v) is 4.84. The minimum Gasteiger partial charge on any atom is -0.457 e. The molecule has 0 radical (unpaired) electrons. The Kier molecular flexibility index (Phi) is 3.16. The lowest BCUT2D eigenvalue weighted by Gasteiger charge is -2.07. The molecule has 94 valence electrons. The number of thiophene rings is 1. The van der Waals surface area contributed by atoms with Gasteiger partial charge in [-0.25, -0.2) is 0 Å². The van der Waals surface area contributed by atoms with E-state index < -0.39 is 0 Å². The van der Waals surface area contributed by atoms with E-state index in [4.69, 9.17) is 10.5 Å². The lowest BCUT2D eigenvalue weighted by Crippen LogP contribution is -1.89. The monoisotopic (exact) mass is 268 g/mol. The average molecular weight is 268 g/mol. The van der Waals surface area contributed by atoms with Gasteiger partial charge in [-0.3, -0.25) is 4.98 Å². The fourth-order valence-electron chi connectivity index (χ4n) is 1.76. The van der Waals surface area contributed by atoms with Gasteiger partial charge in [0.05, 0.1) is 5.69 Å². The topological polar surface area (TPSA) is 48.1 Å². The molecule has 0 bridgehead atoms. The first kappa shape index (κ1) is 11.7. The van der Waals surface area contributed by atoms with Crippen LogP contribution in [0.2, 0.25) is 0 Å². The summed E-state index contributed by atoms with van der Waals surface area (Å²) in [4.78, 5) is 4.34. The van der Waals surface area contributed by atoms with E-state index in [0.717, 1.165) is 22.8 Å². The highest BCUT2D eigenvalue weighted by atomic mass is 32.1. The van der Waals surface area contributed by atoms with Crippen LogP contribution in [0.4, 0.5) is 5.69 Å². The molecule has 2 N–H and O–H groups in total. The smallest absolute Gasteiger partial charge is 0.131 e. The van der Waals surface area contributed by atoms with Crippen LogP contribution in [0.15, 0.2) is 59.4 Å². The molecular formula is C15H12N2OS. The first-order chi connectivity index (χ1) is 9.31. The first-order valence-corrected chi connectivity index (χ1v) is 6.77. The zero-order valence-electron chi connectivity index (χ0n) is 10.1. The summed E-state index contributed by atoms with van der Waals surface area (Å²) in [7, 11) is 0. The van der Waals surface area contributed by atoms with Gasteiger partial charge in [-0.05, 0) is 29.6 Å². The number of anilines is 1. The number of pyridine rings is 1. The highest BCUT2D eigenvalue weighted by Crippen LogP contribution is 2.27. The van der Waals surface area contributed by atoms with Gasteiger partial charge in [0, 0.05) is 35.0 Å². The maximum atomic E-state index is 5.78. The molecule has 1 aromatic carbocycles. The van der Waals surface area contributed by atoms with Crippen LogP contribution in [0.3, 0.4) is 0 Å². The van der Waals surface area contributed by atoms with Crippen LogP contribution >= 0.6 is 11.3 Å². The highest BCUT2D eigenvalue weighted by Gasteiger charge is 2.03. The van der Waals surface area contributed by atoms with Crippen molar-refractivity contribution in [3.8, 4) is 22.8 Å². The third-order valence-corrected chi connectivity index (χ3v) is 3.33. The Morgan fingerprint density at radius 1 is 1.05 bits per heavy atom. The molecule has 0 saturated carbocycles. The number of nitrogen functional groups attached to an aromatic ring is 1. The second-order valence-electron chi connectivity index (χ2n) is 4.06. The molecule has 0 aliphatic heterocycles. The van der Waals surface area contributed by atoms with Gasteiger partial charge >= 0.3 is 0 Å². The summed E-state index contributed by atoms with van der Waals surface area (Å²) in [6.07, 6.45) is 1.74. The van der Waals surface area contributed by atoms with Gasteiger partial charge < -0.3 is 10.5 Å². The maximum absolute atomic E-state index is 5.78. The third-order valence-electron chi connectivity index (χ3n) is 2.64. The zero-order chi connectivity index (χ0) is 13.1. The molecule has 0 saturated heterocycles. The SMILES string of the molecule is Nc1cccc(Oc2ccnc(-c3ccsc3)c2)c1. The molecule has 2 heterocycles. The number of rotatable bonds is 3. The van der Waals surface area contributed by atoms with Crippen molar-refractivity contribution < 1.29 is 4.74 Å². The van der Waals surface area contributed by atoms with Gasteiger partial charge in [-0.1, -0.05) is 6.07 Å². The van der Waals surface area contributed by atoms with Crippen LogP contribution in [-0.2, 0) is 0 Å². The van der Waals surface area contributed by atoms with E-state index in [1.165, 1.54) is 0 Å². The Morgan fingerprint density at radius 3 is 2.74 bits per heavy atom. The molecule has 0 aliphatic carbocycles. The molecular weight excluding hydrogens is 256 g/mol. The Morgan fingerprint density at radius 2 is 1.95 bits per heavy atom. The minimum absolute atomic E-state index is 0.685. The van der Waals surface area contributed by atoms with Crippen LogP contribution in [-0.4, -0.2) is 4.98 Å². The molecule has 0 aliphatic rings. The van der Waals surface area contributed by atoms with Crippen molar-refractivity contribution in [1.29, 1.82) is 0 Å². The van der Waals surface area contributed by atoms with Gasteiger partial charge in [0.15, 0.2) is 0 Å². The highest BCUT2D eigenvalue weighted by molar-refractivity contribution is 7.08. The Bertz CT molecular complexity index is 680. The van der Waals surface area contributed by atoms with Gasteiger partial charge in [0.25, 0.3) is 0 Å². The molecule has 2 aromatic heterocycles. The van der Waals surface area contributed by atoms with Crippen LogP contribution in [0.25, 0.3) is 11.3 Å². The number of ether oxygens (including phenoxy) is 1. The number of benzene rings is 1. The molecule has 3 aromatic rings. The quantitative estimate of drug-likeness (QED) is 0.725. The first-order valence-electron chi connectivity index (χ1n) is 5.83. The summed E-state index contributed by atoms with van der Waals surface area (Å²) in [5.74, 6) is 1.48. The van der Waals surface area contributed by atoms with Crippen molar-refractivity contribution in [2.75, 3.05) is 5.73 Å². The molecule has 19 heavy (non-hydrogen) atoms. The van der Waals surface area contributed by atoms with E-state index in [-0.39, 0.29) is 0 Å². The molecule has 0 unspecified atom stereocenters. The minimum atomic E-state index is 0.685. The van der Waals surface area contributed by atoms with Crippen molar-refractivity contribution in [3.63, 3.8) is 0 Å². The average Bonchev–Trinajstić information content (AvgIpc) is 2.93. The van der Waals surface area contributed by atoms with Gasteiger partial charge in [-0.15, -0.1) is 0 Å². The predicted molar refractivity (Wildman–Crippen MR) is 78.5 cm³/mol. The fourth-order valence-corrected chi connectivity index (χ4v) is 2.41. The number of hydrogen-bond acceptors (Lipinski definition) is 4. The van der Waals surface area contributed by atoms with Crippen LogP contribution in [0.5, 0.6) is 11.5 Å². The second kappa shape index (κ2) is 5.12. The predicted octanol–water partition coefficient (Wildman–Crippen LogP) is 4.18. The summed E-state index contributed by atoms with van der Waals surface area (Å²) in [5.41, 5.74) is 8.42. The van der Waals surface area contributed by atoms with E-state index in [1.54, 1.807) is 23.6 Å². The molecule has 4 heteroatoms. The van der Waals surface area contributed by atoms with E-state index in [1.807, 2.05) is 41.8 Å². The van der Waals surface area contributed by atoms with Gasteiger partial charge in [-0.2, -0.15) is 11.3 Å². The Labute approximate surface area is 115 Å². The van der Waals surface area contributed by atoms with Crippen molar-refractivity contribution in [2.24, 2.45) is 0 Å². The van der Waals surface area contributed by atoms with E-state index in [2.05, 4.69) is 10.4 Å². The lowest BCUT2D eigenvalue weighted by atomic mass is 10.2. The van der Waals surface area contributed by atoms with Crippen molar-refractivity contribution in [2.45, 2.75) is 0 Å². The summed E-state index contributed by atoms with van der Waals surface area (Å²) in [5, 5.41) is 4.09. The van der Waals surface area contributed by atoms with Gasteiger partial charge in [0.2, 0.25) is 0 Å². The lowest BCUT2D eigenvalue weighted by molar-refractivity contribution is 0.482. The summed E-state index contributed by atoms with van der Waals surface area (Å²) < 4.78 is 5.78. The molecule has 0 amide bonds. The van der Waals surface area contributed by atoms with Crippen molar-refractivity contribution in [1.82, 2.24) is 4.98 Å². The fraction of sp³-hybridized carbons (Fsp3) is 0. The largest absolute Gasteiger partial charge is 0.457 e. The van der Waals surface area contributed by atoms with Crippen molar-refractivity contribution in [3.05, 3.63) is 59.4 Å². The number of nitrogens with zero attached hydrogens (tertiary/aromatic N) is 1. The third kappa shape index (κ3) is 2.74.